The van der Waals surface area contributed by atoms with Crippen molar-refractivity contribution in [2.24, 2.45) is 5.92 Å². The van der Waals surface area contributed by atoms with Crippen molar-refractivity contribution in [3.63, 3.8) is 0 Å². The summed E-state index contributed by atoms with van der Waals surface area (Å²) in [6.07, 6.45) is 0. The van der Waals surface area contributed by atoms with Crippen LogP contribution < -0.4 is 4.72 Å². The molecule has 0 aliphatic heterocycles. The standard InChI is InChI=1S/C14H23NO4S/c1-4-19-10-14(11(2)3)15-20(17,18)13-7-5-12(9-16)6-8-13/h5-8,11,14-16H,4,9-10H2,1-3H3. The van der Waals surface area contributed by atoms with E-state index in [1.54, 1.807) is 12.1 Å². The van der Waals surface area contributed by atoms with Crippen LogP contribution in [-0.4, -0.2) is 32.8 Å². The lowest BCUT2D eigenvalue weighted by Crippen LogP contribution is -2.41. The molecule has 5 nitrogen and oxygen atoms in total. The van der Waals surface area contributed by atoms with Crippen LogP contribution in [0.25, 0.3) is 0 Å². The predicted molar refractivity (Wildman–Crippen MR) is 77.8 cm³/mol. The predicted octanol–water partition coefficient (Wildman–Crippen LogP) is 1.52. The van der Waals surface area contributed by atoms with Crippen molar-refractivity contribution in [2.45, 2.75) is 38.3 Å². The number of rotatable bonds is 8. The number of hydrogen-bond acceptors (Lipinski definition) is 4. The molecule has 1 aromatic rings. The number of benzene rings is 1. The second-order valence-corrected chi connectivity index (χ2v) is 6.65. The summed E-state index contributed by atoms with van der Waals surface area (Å²) in [4.78, 5) is 0.192. The number of sulfonamides is 1. The molecule has 114 valence electrons. The molecule has 1 unspecified atom stereocenters. The number of aliphatic hydroxyl groups is 1. The Morgan fingerprint density at radius 2 is 1.85 bits per heavy atom. The smallest absolute Gasteiger partial charge is 0.240 e. The van der Waals surface area contributed by atoms with E-state index in [0.29, 0.717) is 18.8 Å². The molecule has 0 heterocycles. The zero-order valence-electron chi connectivity index (χ0n) is 12.2. The first-order chi connectivity index (χ1) is 9.40. The van der Waals surface area contributed by atoms with Gasteiger partial charge in [0.15, 0.2) is 0 Å². The molecule has 6 heteroatoms. The molecule has 0 fully saturated rings. The van der Waals surface area contributed by atoms with Gasteiger partial charge in [0.25, 0.3) is 0 Å². The monoisotopic (exact) mass is 301 g/mol. The quantitative estimate of drug-likeness (QED) is 0.763. The Hall–Kier alpha value is -0.950. The molecule has 0 aliphatic rings. The highest BCUT2D eigenvalue weighted by Gasteiger charge is 2.22. The minimum Gasteiger partial charge on any atom is -0.392 e. The van der Waals surface area contributed by atoms with Crippen LogP contribution in [0, 0.1) is 5.92 Å². The van der Waals surface area contributed by atoms with Gasteiger partial charge in [-0.1, -0.05) is 26.0 Å². The first kappa shape index (κ1) is 17.1. The van der Waals surface area contributed by atoms with Gasteiger partial charge in [-0.3, -0.25) is 0 Å². The highest BCUT2D eigenvalue weighted by atomic mass is 32.2. The average molecular weight is 301 g/mol. The van der Waals surface area contributed by atoms with Crippen molar-refractivity contribution in [2.75, 3.05) is 13.2 Å². The second kappa shape index (κ2) is 7.73. The fourth-order valence-electron chi connectivity index (χ4n) is 1.65. The molecule has 0 bridgehead atoms. The molecule has 0 saturated heterocycles. The van der Waals surface area contributed by atoms with Gasteiger partial charge in [-0.05, 0) is 30.5 Å². The fraction of sp³-hybridized carbons (Fsp3) is 0.571. The molecule has 2 N–H and O–H groups in total. The molecule has 1 rings (SSSR count). The largest absolute Gasteiger partial charge is 0.392 e. The van der Waals surface area contributed by atoms with E-state index in [9.17, 15) is 8.42 Å². The maximum Gasteiger partial charge on any atom is 0.240 e. The van der Waals surface area contributed by atoms with Crippen LogP contribution in [-0.2, 0) is 21.4 Å². The number of hydrogen-bond donors (Lipinski definition) is 2. The summed E-state index contributed by atoms with van der Waals surface area (Å²) in [5, 5.41) is 8.97. The van der Waals surface area contributed by atoms with Gasteiger partial charge in [-0.2, -0.15) is 0 Å². The van der Waals surface area contributed by atoms with Crippen LogP contribution in [0.3, 0.4) is 0 Å². The molecular formula is C14H23NO4S. The third-order valence-corrected chi connectivity index (χ3v) is 4.53. The van der Waals surface area contributed by atoms with E-state index in [0.717, 1.165) is 0 Å². The third kappa shape index (κ3) is 4.86. The van der Waals surface area contributed by atoms with E-state index in [2.05, 4.69) is 4.72 Å². The SMILES string of the molecule is CCOCC(NS(=O)(=O)c1ccc(CO)cc1)C(C)C. The minimum atomic E-state index is -3.57. The van der Waals surface area contributed by atoms with E-state index in [4.69, 9.17) is 9.84 Å². The van der Waals surface area contributed by atoms with Crippen LogP contribution >= 0.6 is 0 Å². The Labute approximate surface area is 121 Å². The maximum absolute atomic E-state index is 12.3. The van der Waals surface area contributed by atoms with Gasteiger partial charge in [0.2, 0.25) is 10.0 Å². The van der Waals surface area contributed by atoms with Crippen LogP contribution in [0.4, 0.5) is 0 Å². The first-order valence-electron chi connectivity index (χ1n) is 6.70. The van der Waals surface area contributed by atoms with E-state index in [-0.39, 0.29) is 23.5 Å². The van der Waals surface area contributed by atoms with E-state index in [1.165, 1.54) is 12.1 Å². The second-order valence-electron chi connectivity index (χ2n) is 4.93. The summed E-state index contributed by atoms with van der Waals surface area (Å²) in [5.41, 5.74) is 0.679. The molecule has 0 amide bonds. The van der Waals surface area contributed by atoms with Crippen molar-refractivity contribution in [1.29, 1.82) is 0 Å². The number of nitrogens with one attached hydrogen (secondary N) is 1. The Morgan fingerprint density at radius 3 is 2.30 bits per heavy atom. The zero-order chi connectivity index (χ0) is 15.2. The van der Waals surface area contributed by atoms with Crippen molar-refractivity contribution < 1.29 is 18.3 Å². The summed E-state index contributed by atoms with van der Waals surface area (Å²) in [7, 11) is -3.57. The van der Waals surface area contributed by atoms with E-state index in [1.807, 2.05) is 20.8 Å². The Balaban J connectivity index is 2.85. The molecular weight excluding hydrogens is 278 g/mol. The van der Waals surface area contributed by atoms with Crippen LogP contribution in [0.1, 0.15) is 26.3 Å². The minimum absolute atomic E-state index is 0.104. The van der Waals surface area contributed by atoms with Gasteiger partial charge in [0, 0.05) is 12.6 Å². The normalized spacial score (nSPS) is 13.7. The third-order valence-electron chi connectivity index (χ3n) is 3.03. The highest BCUT2D eigenvalue weighted by Crippen LogP contribution is 2.13. The Morgan fingerprint density at radius 1 is 1.25 bits per heavy atom. The highest BCUT2D eigenvalue weighted by molar-refractivity contribution is 7.89. The fourth-order valence-corrected chi connectivity index (χ4v) is 3.02. The Bertz CT molecular complexity index is 496. The summed E-state index contributed by atoms with van der Waals surface area (Å²) >= 11 is 0. The Kier molecular flexibility index (Phi) is 6.61. The summed E-state index contributed by atoms with van der Waals surface area (Å²) < 4.78 is 32.5. The number of aliphatic hydroxyl groups excluding tert-OH is 1. The van der Waals surface area contributed by atoms with E-state index < -0.39 is 10.0 Å². The molecule has 0 saturated carbocycles. The van der Waals surface area contributed by atoms with Gasteiger partial charge in [0.1, 0.15) is 0 Å². The van der Waals surface area contributed by atoms with E-state index >= 15 is 0 Å². The first-order valence-corrected chi connectivity index (χ1v) is 8.19. The van der Waals surface area contributed by atoms with Crippen LogP contribution in [0.2, 0.25) is 0 Å². The van der Waals surface area contributed by atoms with Gasteiger partial charge >= 0.3 is 0 Å². The molecule has 0 radical (unpaired) electrons. The van der Waals surface area contributed by atoms with Crippen molar-refractivity contribution in [1.82, 2.24) is 4.72 Å². The number of ether oxygens (including phenoxy) is 1. The van der Waals surface area contributed by atoms with Crippen molar-refractivity contribution in [3.8, 4) is 0 Å². The lowest BCUT2D eigenvalue weighted by atomic mass is 10.1. The van der Waals surface area contributed by atoms with Crippen molar-refractivity contribution in [3.05, 3.63) is 29.8 Å². The summed E-state index contributed by atoms with van der Waals surface area (Å²) in [6, 6.07) is 5.92. The lowest BCUT2D eigenvalue weighted by Gasteiger charge is -2.22. The molecule has 1 atom stereocenters. The van der Waals surface area contributed by atoms with Crippen molar-refractivity contribution >= 4 is 10.0 Å². The lowest BCUT2D eigenvalue weighted by molar-refractivity contribution is 0.116. The molecule has 0 spiro atoms. The maximum atomic E-state index is 12.3. The van der Waals surface area contributed by atoms with Gasteiger partial charge in [-0.15, -0.1) is 0 Å². The molecule has 0 aliphatic carbocycles. The van der Waals surface area contributed by atoms with Crippen LogP contribution in [0.5, 0.6) is 0 Å². The van der Waals surface area contributed by atoms with Gasteiger partial charge in [0.05, 0.1) is 18.1 Å². The molecule has 0 aromatic heterocycles. The zero-order valence-corrected chi connectivity index (χ0v) is 13.0. The average Bonchev–Trinajstić information content (AvgIpc) is 2.43. The summed E-state index contributed by atoms with van der Waals surface area (Å²) in [6.45, 7) is 6.56. The van der Waals surface area contributed by atoms with Gasteiger partial charge in [-0.25, -0.2) is 13.1 Å². The van der Waals surface area contributed by atoms with Gasteiger partial charge < -0.3 is 9.84 Å². The molecule has 1 aromatic carbocycles. The van der Waals surface area contributed by atoms with Crippen LogP contribution in [0.15, 0.2) is 29.2 Å². The summed E-state index contributed by atoms with van der Waals surface area (Å²) in [5.74, 6) is 0.132. The molecule has 20 heavy (non-hydrogen) atoms. The topological polar surface area (TPSA) is 75.6 Å².